The fourth-order valence-electron chi connectivity index (χ4n) is 1.59. The summed E-state index contributed by atoms with van der Waals surface area (Å²) in [4.78, 5) is 11.7. The molecule has 0 atom stereocenters. The Morgan fingerprint density at radius 3 is 2.59 bits per heavy atom. The van der Waals surface area contributed by atoms with Crippen LogP contribution < -0.4 is 0 Å². The van der Waals surface area contributed by atoms with Gasteiger partial charge in [0.25, 0.3) is 0 Å². The molecule has 0 aliphatic heterocycles. The minimum Gasteiger partial charge on any atom is -0.451 e. The molecule has 0 amide bonds. The number of halogens is 3. The summed E-state index contributed by atoms with van der Waals surface area (Å²) in [6, 6.07) is 3.10. The summed E-state index contributed by atoms with van der Waals surface area (Å²) < 4.78 is 5.42. The molecule has 0 radical (unpaired) electrons. The van der Waals surface area contributed by atoms with Gasteiger partial charge in [-0.05, 0) is 18.6 Å². The van der Waals surface area contributed by atoms with Crippen LogP contribution >= 0.6 is 34.8 Å². The second-order valence-electron chi connectivity index (χ2n) is 3.68. The van der Waals surface area contributed by atoms with Crippen LogP contribution in [-0.4, -0.2) is 5.78 Å². The Morgan fingerprint density at radius 2 is 1.94 bits per heavy atom. The molecule has 0 aliphatic carbocycles. The molecule has 2 nitrogen and oxygen atoms in total. The number of ketones is 1. The van der Waals surface area contributed by atoms with Crippen LogP contribution in [0.2, 0.25) is 15.1 Å². The number of carbonyl (C=O) groups excluding carboxylic acids is 1. The molecule has 5 heteroatoms. The third kappa shape index (κ3) is 2.30. The van der Waals surface area contributed by atoms with E-state index in [0.29, 0.717) is 32.5 Å². The average molecular weight is 292 g/mol. The van der Waals surface area contributed by atoms with Gasteiger partial charge < -0.3 is 4.42 Å². The monoisotopic (exact) mass is 290 g/mol. The maximum atomic E-state index is 11.7. The van der Waals surface area contributed by atoms with E-state index in [4.69, 9.17) is 39.2 Å². The highest BCUT2D eigenvalue weighted by Crippen LogP contribution is 2.37. The molecular weight excluding hydrogens is 282 g/mol. The molecule has 0 N–H and O–H groups in total. The summed E-state index contributed by atoms with van der Waals surface area (Å²) in [5.74, 6) is 0.208. The van der Waals surface area contributed by atoms with Crippen LogP contribution in [0.15, 0.2) is 16.5 Å². The highest BCUT2D eigenvalue weighted by Gasteiger charge is 2.17. The molecule has 0 spiro atoms. The van der Waals surface area contributed by atoms with Crippen molar-refractivity contribution in [3.05, 3.63) is 33.0 Å². The van der Waals surface area contributed by atoms with Gasteiger partial charge in [-0.3, -0.25) is 4.79 Å². The lowest BCUT2D eigenvalue weighted by molar-refractivity contribution is 0.0957. The highest BCUT2D eigenvalue weighted by atomic mass is 35.5. The topological polar surface area (TPSA) is 30.2 Å². The van der Waals surface area contributed by atoms with Crippen molar-refractivity contribution in [1.82, 2.24) is 0 Å². The van der Waals surface area contributed by atoms with Crippen molar-refractivity contribution >= 4 is 51.6 Å². The van der Waals surface area contributed by atoms with Gasteiger partial charge >= 0.3 is 0 Å². The van der Waals surface area contributed by atoms with E-state index in [-0.39, 0.29) is 11.5 Å². The Balaban J connectivity index is 2.61. The molecule has 90 valence electrons. The number of rotatable bonds is 3. The molecule has 0 saturated heterocycles. The van der Waals surface area contributed by atoms with Gasteiger partial charge in [0.2, 0.25) is 0 Å². The molecule has 17 heavy (non-hydrogen) atoms. The van der Waals surface area contributed by atoms with E-state index in [9.17, 15) is 4.79 Å². The second kappa shape index (κ2) is 4.89. The van der Waals surface area contributed by atoms with E-state index in [2.05, 4.69) is 0 Å². The fourth-order valence-corrected chi connectivity index (χ4v) is 2.30. The third-order valence-electron chi connectivity index (χ3n) is 2.40. The van der Waals surface area contributed by atoms with Crippen LogP contribution in [0.5, 0.6) is 0 Å². The smallest absolute Gasteiger partial charge is 0.198 e. The van der Waals surface area contributed by atoms with Gasteiger partial charge in [0.15, 0.2) is 17.1 Å². The van der Waals surface area contributed by atoms with Crippen molar-refractivity contribution in [2.75, 3.05) is 0 Å². The lowest BCUT2D eigenvalue weighted by atomic mass is 10.2. The minimum atomic E-state index is -0.0630. The van der Waals surface area contributed by atoms with E-state index in [1.165, 1.54) is 6.07 Å². The van der Waals surface area contributed by atoms with Crippen molar-refractivity contribution in [2.24, 2.45) is 0 Å². The Bertz CT molecular complexity index is 587. The Labute approximate surface area is 113 Å². The van der Waals surface area contributed by atoms with Crippen LogP contribution in [-0.2, 0) is 0 Å². The van der Waals surface area contributed by atoms with E-state index in [1.54, 1.807) is 6.07 Å². The SMILES string of the molecule is CCCC(=O)c1cc2c(Cl)c(Cl)cc(Cl)c2o1. The Morgan fingerprint density at radius 1 is 1.24 bits per heavy atom. The average Bonchev–Trinajstić information content (AvgIpc) is 2.72. The number of fused-ring (bicyclic) bond motifs is 1. The molecule has 0 unspecified atom stereocenters. The maximum Gasteiger partial charge on any atom is 0.198 e. The first kappa shape index (κ1) is 12.7. The van der Waals surface area contributed by atoms with Crippen LogP contribution in [0, 0.1) is 0 Å². The number of hydrogen-bond acceptors (Lipinski definition) is 2. The predicted octanol–water partition coefficient (Wildman–Crippen LogP) is 5.38. The lowest BCUT2D eigenvalue weighted by Gasteiger charge is -1.97. The number of hydrogen-bond donors (Lipinski definition) is 0. The Kier molecular flexibility index (Phi) is 3.67. The van der Waals surface area contributed by atoms with Gasteiger partial charge in [-0.25, -0.2) is 0 Å². The van der Waals surface area contributed by atoms with Gasteiger partial charge in [-0.2, -0.15) is 0 Å². The largest absolute Gasteiger partial charge is 0.451 e. The summed E-state index contributed by atoms with van der Waals surface area (Å²) >= 11 is 17.9. The van der Waals surface area contributed by atoms with Crippen molar-refractivity contribution < 1.29 is 9.21 Å². The zero-order chi connectivity index (χ0) is 12.6. The molecule has 1 aromatic carbocycles. The number of carbonyl (C=O) groups is 1. The number of benzene rings is 1. The molecule has 0 bridgehead atoms. The van der Waals surface area contributed by atoms with Crippen LogP contribution in [0.4, 0.5) is 0 Å². The quantitative estimate of drug-likeness (QED) is 0.561. The first-order chi connectivity index (χ1) is 8.04. The van der Waals surface area contributed by atoms with Gasteiger partial charge in [0, 0.05) is 11.8 Å². The van der Waals surface area contributed by atoms with Crippen LogP contribution in [0.3, 0.4) is 0 Å². The summed E-state index contributed by atoms with van der Waals surface area (Å²) in [5, 5.41) is 1.62. The molecule has 0 fully saturated rings. The van der Waals surface area contributed by atoms with Crippen molar-refractivity contribution in [3.63, 3.8) is 0 Å². The normalized spacial score (nSPS) is 11.1. The van der Waals surface area contributed by atoms with Crippen LogP contribution in [0.25, 0.3) is 11.0 Å². The van der Waals surface area contributed by atoms with Crippen molar-refractivity contribution in [2.45, 2.75) is 19.8 Å². The van der Waals surface area contributed by atoms with Crippen molar-refractivity contribution in [3.8, 4) is 0 Å². The molecule has 1 aromatic heterocycles. The standard InChI is InChI=1S/C12H9Cl3O2/c1-2-3-9(16)10-4-6-11(15)7(13)5-8(14)12(6)17-10/h4-5H,2-3H2,1H3. The van der Waals surface area contributed by atoms with Gasteiger partial charge in [-0.15, -0.1) is 0 Å². The Hall–Kier alpha value is -0.700. The van der Waals surface area contributed by atoms with Crippen LogP contribution in [0.1, 0.15) is 30.3 Å². The number of Topliss-reactive ketones (excluding diaryl/α,β-unsaturated/α-hetero) is 1. The molecule has 1 heterocycles. The highest BCUT2D eigenvalue weighted by molar-refractivity contribution is 6.47. The van der Waals surface area contributed by atoms with Gasteiger partial charge in [0.1, 0.15) is 0 Å². The summed E-state index contributed by atoms with van der Waals surface area (Å²) in [6.45, 7) is 1.93. The predicted molar refractivity (Wildman–Crippen MR) is 70.5 cm³/mol. The van der Waals surface area contributed by atoms with E-state index < -0.39 is 0 Å². The minimum absolute atomic E-state index is 0.0630. The molecule has 2 aromatic rings. The molecular formula is C12H9Cl3O2. The summed E-state index contributed by atoms with van der Waals surface area (Å²) in [6.07, 6.45) is 1.20. The molecule has 2 rings (SSSR count). The lowest BCUT2D eigenvalue weighted by Crippen LogP contribution is -1.94. The van der Waals surface area contributed by atoms with Gasteiger partial charge in [0.05, 0.1) is 15.1 Å². The van der Waals surface area contributed by atoms with E-state index in [0.717, 1.165) is 6.42 Å². The van der Waals surface area contributed by atoms with E-state index >= 15 is 0 Å². The van der Waals surface area contributed by atoms with Crippen molar-refractivity contribution in [1.29, 1.82) is 0 Å². The molecule has 0 saturated carbocycles. The van der Waals surface area contributed by atoms with E-state index in [1.807, 2.05) is 6.92 Å². The summed E-state index contributed by atoms with van der Waals surface area (Å²) in [7, 11) is 0. The second-order valence-corrected chi connectivity index (χ2v) is 4.87. The maximum absolute atomic E-state index is 11.7. The fraction of sp³-hybridized carbons (Fsp3) is 0.250. The first-order valence-corrected chi connectivity index (χ1v) is 6.28. The molecule has 0 aliphatic rings. The number of furan rings is 1. The zero-order valence-electron chi connectivity index (χ0n) is 9.02. The van der Waals surface area contributed by atoms with Gasteiger partial charge in [-0.1, -0.05) is 41.7 Å². The first-order valence-electron chi connectivity index (χ1n) is 5.14. The summed E-state index contributed by atoms with van der Waals surface area (Å²) in [5.41, 5.74) is 0.403. The third-order valence-corrected chi connectivity index (χ3v) is 3.48. The zero-order valence-corrected chi connectivity index (χ0v) is 11.3.